The maximum atomic E-state index is 13.2. The maximum absolute atomic E-state index is 13.2. The number of amides is 1. The largest absolute Gasteiger partial charge is 0.346 e. The van der Waals surface area contributed by atoms with E-state index in [4.69, 9.17) is 5.73 Å². The first-order valence-electron chi connectivity index (χ1n) is 6.75. The minimum Gasteiger partial charge on any atom is -0.346 e. The topological polar surface area (TPSA) is 85.8 Å². The third-order valence-electron chi connectivity index (χ3n) is 2.97. The summed E-state index contributed by atoms with van der Waals surface area (Å²) in [6, 6.07) is 2.56. The molecule has 0 spiro atoms. The van der Waals surface area contributed by atoms with Gasteiger partial charge in [0.1, 0.15) is 11.5 Å². The van der Waals surface area contributed by atoms with E-state index in [-0.39, 0.29) is 24.3 Å². The van der Waals surface area contributed by atoms with Crippen molar-refractivity contribution in [3.63, 3.8) is 0 Å². The van der Waals surface area contributed by atoms with Crippen LogP contribution in [0.25, 0.3) is 0 Å². The number of carbonyl (C=O) groups is 1. The van der Waals surface area contributed by atoms with Crippen molar-refractivity contribution in [1.29, 1.82) is 0 Å². The predicted octanol–water partition coefficient (Wildman–Crippen LogP) is 1.77. The molecule has 0 unspecified atom stereocenters. The van der Waals surface area contributed by atoms with Gasteiger partial charge in [0, 0.05) is 10.5 Å². The van der Waals surface area contributed by atoms with Crippen LogP contribution in [0, 0.1) is 12.7 Å². The molecule has 1 amide bonds. The van der Waals surface area contributed by atoms with E-state index in [9.17, 15) is 9.18 Å². The number of benzene rings is 1. The van der Waals surface area contributed by atoms with Crippen molar-refractivity contribution >= 4 is 21.8 Å². The number of nitrogens with zero attached hydrogens (tertiary/aromatic N) is 3. The van der Waals surface area contributed by atoms with Gasteiger partial charge >= 0.3 is 0 Å². The van der Waals surface area contributed by atoms with Crippen LogP contribution in [0.15, 0.2) is 22.8 Å². The molecule has 8 heteroatoms. The number of aryl methyl sites for hydroxylation is 1. The molecule has 0 saturated heterocycles. The Hall–Kier alpha value is -1.80. The van der Waals surface area contributed by atoms with E-state index in [0.717, 1.165) is 0 Å². The van der Waals surface area contributed by atoms with Crippen molar-refractivity contribution in [3.8, 4) is 0 Å². The Morgan fingerprint density at radius 3 is 2.91 bits per heavy atom. The second-order valence-corrected chi connectivity index (χ2v) is 6.03. The van der Waals surface area contributed by atoms with Gasteiger partial charge in [0.25, 0.3) is 5.91 Å². The summed E-state index contributed by atoms with van der Waals surface area (Å²) in [4.78, 5) is 12.2. The van der Waals surface area contributed by atoms with E-state index in [1.54, 1.807) is 17.8 Å². The lowest BCUT2D eigenvalue weighted by Gasteiger charge is -2.09. The summed E-state index contributed by atoms with van der Waals surface area (Å²) in [6.07, 6.45) is 1.73. The highest BCUT2D eigenvalue weighted by atomic mass is 79.9. The van der Waals surface area contributed by atoms with Crippen molar-refractivity contribution < 1.29 is 9.18 Å². The van der Waals surface area contributed by atoms with Crippen LogP contribution in [0.2, 0.25) is 0 Å². The Kier molecular flexibility index (Phi) is 5.25. The third-order valence-corrected chi connectivity index (χ3v) is 3.60. The molecule has 1 aromatic carbocycles. The Morgan fingerprint density at radius 2 is 2.27 bits per heavy atom. The SMILES string of the molecule is Cc1cc(F)cc(Br)c1C(=O)NCc1cn(C[C@H](C)N)nn1. The zero-order valence-corrected chi connectivity index (χ0v) is 13.9. The zero-order chi connectivity index (χ0) is 16.3. The number of halogens is 2. The van der Waals surface area contributed by atoms with Crippen LogP contribution in [-0.4, -0.2) is 26.9 Å². The fraction of sp³-hybridized carbons (Fsp3) is 0.357. The molecular formula is C14H17BrFN5O. The second-order valence-electron chi connectivity index (χ2n) is 5.17. The summed E-state index contributed by atoms with van der Waals surface area (Å²) in [6.45, 7) is 4.35. The smallest absolute Gasteiger partial charge is 0.253 e. The van der Waals surface area contributed by atoms with Gasteiger partial charge in [0.05, 0.1) is 24.8 Å². The van der Waals surface area contributed by atoms with Gasteiger partial charge in [-0.3, -0.25) is 9.48 Å². The zero-order valence-electron chi connectivity index (χ0n) is 12.3. The molecule has 3 N–H and O–H groups in total. The average Bonchev–Trinajstić information content (AvgIpc) is 2.81. The van der Waals surface area contributed by atoms with Crippen LogP contribution in [0.4, 0.5) is 4.39 Å². The van der Waals surface area contributed by atoms with Gasteiger partial charge in [-0.25, -0.2) is 4.39 Å². The lowest BCUT2D eigenvalue weighted by Crippen LogP contribution is -2.24. The van der Waals surface area contributed by atoms with Crippen molar-refractivity contribution in [2.24, 2.45) is 5.73 Å². The number of nitrogens with two attached hydrogens (primary N) is 1. The normalized spacial score (nSPS) is 12.2. The molecule has 1 atom stereocenters. The first-order valence-corrected chi connectivity index (χ1v) is 7.54. The van der Waals surface area contributed by atoms with Crippen LogP contribution in [-0.2, 0) is 13.1 Å². The Labute approximate surface area is 136 Å². The predicted molar refractivity (Wildman–Crippen MR) is 83.7 cm³/mol. The monoisotopic (exact) mass is 369 g/mol. The summed E-state index contributed by atoms with van der Waals surface area (Å²) in [5.41, 5.74) is 7.28. The molecule has 1 aromatic heterocycles. The number of carbonyl (C=O) groups excluding carboxylic acids is 1. The molecule has 0 saturated carbocycles. The number of aromatic nitrogens is 3. The lowest BCUT2D eigenvalue weighted by molar-refractivity contribution is 0.0949. The molecular weight excluding hydrogens is 353 g/mol. The molecule has 0 bridgehead atoms. The Bertz CT molecular complexity index is 663. The number of nitrogens with one attached hydrogen (secondary N) is 1. The van der Waals surface area contributed by atoms with Gasteiger partial charge in [-0.1, -0.05) is 5.21 Å². The summed E-state index contributed by atoms with van der Waals surface area (Å²) in [7, 11) is 0. The molecule has 0 radical (unpaired) electrons. The van der Waals surface area contributed by atoms with Crippen molar-refractivity contribution in [2.75, 3.05) is 0 Å². The average molecular weight is 370 g/mol. The van der Waals surface area contributed by atoms with Crippen LogP contribution in [0.5, 0.6) is 0 Å². The Morgan fingerprint density at radius 1 is 1.55 bits per heavy atom. The number of hydrogen-bond acceptors (Lipinski definition) is 4. The van der Waals surface area contributed by atoms with Crippen molar-refractivity contribution in [3.05, 3.63) is 45.4 Å². The fourth-order valence-electron chi connectivity index (χ4n) is 2.05. The highest BCUT2D eigenvalue weighted by Crippen LogP contribution is 2.22. The van der Waals surface area contributed by atoms with E-state index >= 15 is 0 Å². The first-order chi connectivity index (χ1) is 10.4. The molecule has 118 valence electrons. The summed E-state index contributed by atoms with van der Waals surface area (Å²) in [5.74, 6) is -0.689. The molecule has 0 aliphatic rings. The third kappa shape index (κ3) is 4.11. The molecule has 1 heterocycles. The maximum Gasteiger partial charge on any atom is 0.253 e. The minimum absolute atomic E-state index is 0.0260. The lowest BCUT2D eigenvalue weighted by atomic mass is 10.1. The van der Waals surface area contributed by atoms with Gasteiger partial charge < -0.3 is 11.1 Å². The summed E-state index contributed by atoms with van der Waals surface area (Å²) < 4.78 is 15.3. The molecule has 2 rings (SSSR count). The fourth-order valence-corrected chi connectivity index (χ4v) is 2.76. The van der Waals surface area contributed by atoms with Crippen molar-refractivity contribution in [2.45, 2.75) is 33.0 Å². The number of rotatable bonds is 5. The van der Waals surface area contributed by atoms with Crippen molar-refractivity contribution in [1.82, 2.24) is 20.3 Å². The number of hydrogen-bond donors (Lipinski definition) is 2. The molecule has 0 aliphatic carbocycles. The highest BCUT2D eigenvalue weighted by Gasteiger charge is 2.15. The van der Waals surface area contributed by atoms with Crippen LogP contribution >= 0.6 is 15.9 Å². The van der Waals surface area contributed by atoms with Gasteiger partial charge in [0.2, 0.25) is 0 Å². The van der Waals surface area contributed by atoms with E-state index in [1.165, 1.54) is 12.1 Å². The van der Waals surface area contributed by atoms with Gasteiger partial charge in [-0.2, -0.15) is 0 Å². The van der Waals surface area contributed by atoms with E-state index in [0.29, 0.717) is 27.8 Å². The molecule has 2 aromatic rings. The second kappa shape index (κ2) is 6.97. The van der Waals surface area contributed by atoms with Crippen LogP contribution < -0.4 is 11.1 Å². The Balaban J connectivity index is 2.03. The standard InChI is InChI=1S/C14H17BrFN5O/c1-8-3-10(16)4-12(15)13(8)14(22)18-5-11-7-21(20-19-11)6-9(2)17/h3-4,7,9H,5-6,17H2,1-2H3,(H,18,22)/t9-/m0/s1. The summed E-state index contributed by atoms with van der Waals surface area (Å²) >= 11 is 3.21. The van der Waals surface area contributed by atoms with Gasteiger partial charge in [0.15, 0.2) is 0 Å². The van der Waals surface area contributed by atoms with Gasteiger partial charge in [-0.15, -0.1) is 5.10 Å². The summed E-state index contributed by atoms with van der Waals surface area (Å²) in [5, 5.41) is 10.6. The van der Waals surface area contributed by atoms with E-state index in [1.807, 2.05) is 6.92 Å². The molecule has 0 aliphatic heterocycles. The van der Waals surface area contributed by atoms with E-state index < -0.39 is 0 Å². The van der Waals surface area contributed by atoms with Crippen LogP contribution in [0.3, 0.4) is 0 Å². The van der Waals surface area contributed by atoms with Crippen LogP contribution in [0.1, 0.15) is 28.5 Å². The molecule has 22 heavy (non-hydrogen) atoms. The minimum atomic E-state index is -0.389. The quantitative estimate of drug-likeness (QED) is 0.840. The highest BCUT2D eigenvalue weighted by molar-refractivity contribution is 9.10. The molecule has 6 nitrogen and oxygen atoms in total. The van der Waals surface area contributed by atoms with E-state index in [2.05, 4.69) is 31.6 Å². The molecule has 0 fully saturated rings. The van der Waals surface area contributed by atoms with Gasteiger partial charge in [-0.05, 0) is 47.5 Å². The first kappa shape index (κ1) is 16.6.